The fraction of sp³-hybridized carbons (Fsp3) is 0.500. The van der Waals surface area contributed by atoms with Crippen LogP contribution in [0.1, 0.15) is 30.6 Å². The van der Waals surface area contributed by atoms with Crippen molar-refractivity contribution in [3.63, 3.8) is 0 Å². The van der Waals surface area contributed by atoms with Gasteiger partial charge in [-0.2, -0.15) is 0 Å². The van der Waals surface area contributed by atoms with Crippen LogP contribution in [-0.4, -0.2) is 41.5 Å². The number of hydrogen-bond acceptors (Lipinski definition) is 4. The van der Waals surface area contributed by atoms with Gasteiger partial charge in [0.25, 0.3) is 0 Å². The van der Waals surface area contributed by atoms with Gasteiger partial charge in [0.15, 0.2) is 5.75 Å². The molecule has 0 aliphatic carbocycles. The third kappa shape index (κ3) is 2.81. The predicted molar refractivity (Wildman–Crippen MR) is 72.0 cm³/mol. The molecule has 1 aliphatic rings. The van der Waals surface area contributed by atoms with Crippen molar-refractivity contribution in [2.45, 2.75) is 25.9 Å². The van der Waals surface area contributed by atoms with Gasteiger partial charge in [0.1, 0.15) is 12.2 Å². The molecule has 0 spiro atoms. The largest absolute Gasteiger partial charge is 0.489 e. The summed E-state index contributed by atoms with van der Waals surface area (Å²) in [5.41, 5.74) is 0.103. The molecule has 1 heterocycles. The molecule has 1 aromatic rings. The predicted octanol–water partition coefficient (Wildman–Crippen LogP) is 1.74. The van der Waals surface area contributed by atoms with Crippen LogP contribution in [0.15, 0.2) is 18.2 Å². The Kier molecular flexibility index (Phi) is 3.66. The van der Waals surface area contributed by atoms with Crippen molar-refractivity contribution >= 4 is 11.7 Å². The number of aromatic carboxylic acids is 1. The number of carboxylic acid groups (broad SMARTS) is 1. The lowest BCUT2D eigenvalue weighted by Gasteiger charge is -2.36. The molecule has 2 rings (SSSR count). The Balaban J connectivity index is 2.35. The number of benzene rings is 1. The SMILES string of the molecule is CCC(C)(O)CN1CCOc2c(C(=O)O)cccc21. The number of β-amino-alcohol motifs (C(OH)–C–C–N with tert-alkyl or cyclic N) is 1. The first-order valence-electron chi connectivity index (χ1n) is 6.41. The van der Waals surface area contributed by atoms with Crippen LogP contribution in [0.2, 0.25) is 0 Å². The van der Waals surface area contributed by atoms with Crippen LogP contribution in [-0.2, 0) is 0 Å². The molecule has 1 aliphatic heterocycles. The highest BCUT2D eigenvalue weighted by molar-refractivity contribution is 5.93. The number of carboxylic acids is 1. The van der Waals surface area contributed by atoms with E-state index in [0.29, 0.717) is 31.9 Å². The maximum absolute atomic E-state index is 11.2. The molecule has 0 aromatic heterocycles. The second-order valence-corrected chi connectivity index (χ2v) is 5.08. The van der Waals surface area contributed by atoms with Crippen molar-refractivity contribution in [1.82, 2.24) is 0 Å². The number of ether oxygens (including phenoxy) is 1. The highest BCUT2D eigenvalue weighted by Gasteiger charge is 2.28. The van der Waals surface area contributed by atoms with Crippen molar-refractivity contribution in [3.05, 3.63) is 23.8 Å². The number of rotatable bonds is 4. The smallest absolute Gasteiger partial charge is 0.339 e. The van der Waals surface area contributed by atoms with E-state index in [0.717, 1.165) is 5.69 Å². The number of para-hydroxylation sites is 1. The molecule has 1 atom stereocenters. The molecule has 19 heavy (non-hydrogen) atoms. The van der Waals surface area contributed by atoms with Crippen LogP contribution in [0.4, 0.5) is 5.69 Å². The number of fused-ring (bicyclic) bond motifs is 1. The first-order valence-corrected chi connectivity index (χ1v) is 6.41. The molecule has 0 saturated heterocycles. The zero-order valence-electron chi connectivity index (χ0n) is 11.2. The molecule has 0 saturated carbocycles. The Morgan fingerprint density at radius 1 is 1.53 bits per heavy atom. The Labute approximate surface area is 112 Å². The quantitative estimate of drug-likeness (QED) is 0.868. The van der Waals surface area contributed by atoms with Crippen molar-refractivity contribution in [3.8, 4) is 5.75 Å². The molecule has 0 amide bonds. The topological polar surface area (TPSA) is 70.0 Å². The van der Waals surface area contributed by atoms with E-state index in [9.17, 15) is 9.90 Å². The van der Waals surface area contributed by atoms with E-state index in [4.69, 9.17) is 9.84 Å². The average molecular weight is 265 g/mol. The second-order valence-electron chi connectivity index (χ2n) is 5.08. The van der Waals surface area contributed by atoms with Gasteiger partial charge in [-0.25, -0.2) is 4.79 Å². The Hall–Kier alpha value is -1.75. The standard InChI is InChI=1S/C14H19NO4/c1-3-14(2,18)9-15-7-8-19-12-10(13(16)17)5-4-6-11(12)15/h4-6,18H,3,7-9H2,1-2H3,(H,16,17). The third-order valence-corrected chi connectivity index (χ3v) is 3.47. The Bertz CT molecular complexity index is 484. The highest BCUT2D eigenvalue weighted by atomic mass is 16.5. The lowest BCUT2D eigenvalue weighted by molar-refractivity contribution is 0.0614. The fourth-order valence-corrected chi connectivity index (χ4v) is 2.16. The van der Waals surface area contributed by atoms with Gasteiger partial charge in [0.2, 0.25) is 0 Å². The van der Waals surface area contributed by atoms with Gasteiger partial charge in [-0.3, -0.25) is 0 Å². The summed E-state index contributed by atoms with van der Waals surface area (Å²) in [5, 5.41) is 19.3. The monoisotopic (exact) mass is 265 g/mol. The zero-order chi connectivity index (χ0) is 14.0. The molecule has 1 unspecified atom stereocenters. The lowest BCUT2D eigenvalue weighted by atomic mass is 10.0. The fourth-order valence-electron chi connectivity index (χ4n) is 2.16. The van der Waals surface area contributed by atoms with Gasteiger partial charge < -0.3 is 19.8 Å². The van der Waals surface area contributed by atoms with Crippen molar-refractivity contribution in [1.29, 1.82) is 0 Å². The molecular formula is C14H19NO4. The zero-order valence-corrected chi connectivity index (χ0v) is 11.2. The van der Waals surface area contributed by atoms with Gasteiger partial charge >= 0.3 is 5.97 Å². The highest BCUT2D eigenvalue weighted by Crippen LogP contribution is 2.35. The van der Waals surface area contributed by atoms with Crippen molar-refractivity contribution in [2.75, 3.05) is 24.6 Å². The minimum atomic E-state index is -0.999. The first-order chi connectivity index (χ1) is 8.94. The van der Waals surface area contributed by atoms with E-state index in [1.807, 2.05) is 17.9 Å². The molecule has 5 nitrogen and oxygen atoms in total. The minimum Gasteiger partial charge on any atom is -0.489 e. The summed E-state index contributed by atoms with van der Waals surface area (Å²) in [4.78, 5) is 13.2. The van der Waals surface area contributed by atoms with E-state index in [1.54, 1.807) is 13.0 Å². The Morgan fingerprint density at radius 3 is 2.89 bits per heavy atom. The molecular weight excluding hydrogens is 246 g/mol. The number of hydrogen-bond donors (Lipinski definition) is 2. The molecule has 0 radical (unpaired) electrons. The van der Waals surface area contributed by atoms with Crippen LogP contribution in [0.3, 0.4) is 0 Å². The van der Waals surface area contributed by atoms with Crippen LogP contribution in [0.25, 0.3) is 0 Å². The summed E-state index contributed by atoms with van der Waals surface area (Å²) in [5.74, 6) is -0.603. The third-order valence-electron chi connectivity index (χ3n) is 3.47. The van der Waals surface area contributed by atoms with Crippen LogP contribution in [0.5, 0.6) is 5.75 Å². The maximum Gasteiger partial charge on any atom is 0.339 e. The number of carbonyl (C=O) groups is 1. The molecule has 0 fully saturated rings. The van der Waals surface area contributed by atoms with Gasteiger partial charge in [-0.15, -0.1) is 0 Å². The Morgan fingerprint density at radius 2 is 2.26 bits per heavy atom. The van der Waals surface area contributed by atoms with Crippen molar-refractivity contribution < 1.29 is 19.7 Å². The summed E-state index contributed by atoms with van der Waals surface area (Å²) in [6.07, 6.45) is 0.637. The van der Waals surface area contributed by atoms with E-state index in [2.05, 4.69) is 0 Å². The second kappa shape index (κ2) is 5.09. The van der Waals surface area contributed by atoms with E-state index < -0.39 is 11.6 Å². The van der Waals surface area contributed by atoms with Gasteiger partial charge in [-0.05, 0) is 25.5 Å². The van der Waals surface area contributed by atoms with Crippen LogP contribution in [0, 0.1) is 0 Å². The van der Waals surface area contributed by atoms with Gasteiger partial charge in [0, 0.05) is 6.54 Å². The van der Waals surface area contributed by atoms with Crippen molar-refractivity contribution in [2.24, 2.45) is 0 Å². The summed E-state index contributed by atoms with van der Waals surface area (Å²) in [7, 11) is 0. The van der Waals surface area contributed by atoms with Crippen LogP contribution >= 0.6 is 0 Å². The first kappa shape index (κ1) is 13.7. The molecule has 2 N–H and O–H groups in total. The molecule has 0 bridgehead atoms. The number of aliphatic hydroxyl groups is 1. The number of nitrogens with zero attached hydrogens (tertiary/aromatic N) is 1. The number of anilines is 1. The van der Waals surface area contributed by atoms with Gasteiger partial charge in [0.05, 0.1) is 17.8 Å². The summed E-state index contributed by atoms with van der Waals surface area (Å²) in [6, 6.07) is 5.06. The van der Waals surface area contributed by atoms with E-state index in [1.165, 1.54) is 6.07 Å². The van der Waals surface area contributed by atoms with Crippen LogP contribution < -0.4 is 9.64 Å². The molecule has 104 valence electrons. The summed E-state index contributed by atoms with van der Waals surface area (Å²) in [6.45, 7) is 5.24. The minimum absolute atomic E-state index is 0.165. The summed E-state index contributed by atoms with van der Waals surface area (Å²) < 4.78 is 5.49. The molecule has 5 heteroatoms. The van der Waals surface area contributed by atoms with Gasteiger partial charge in [-0.1, -0.05) is 13.0 Å². The van der Waals surface area contributed by atoms with E-state index in [-0.39, 0.29) is 5.56 Å². The lowest BCUT2D eigenvalue weighted by Crippen LogP contribution is -2.44. The average Bonchev–Trinajstić information content (AvgIpc) is 2.38. The molecule has 1 aromatic carbocycles. The maximum atomic E-state index is 11.2. The van der Waals surface area contributed by atoms with E-state index >= 15 is 0 Å². The summed E-state index contributed by atoms with van der Waals surface area (Å²) >= 11 is 0. The normalized spacial score (nSPS) is 17.3.